The SMILES string of the molecule is CC1=C(c2ccc(C(C)C)cc2)S(=O)(=O)N(CC(=O)Nc2ccccc2F)C1=O. The zero-order chi connectivity index (χ0) is 21.3. The first-order valence-corrected chi connectivity index (χ1v) is 10.5. The van der Waals surface area contributed by atoms with Crippen LogP contribution in [0.4, 0.5) is 10.1 Å². The highest BCUT2D eigenvalue weighted by Gasteiger charge is 2.43. The first-order chi connectivity index (χ1) is 13.6. The molecule has 0 saturated heterocycles. The van der Waals surface area contributed by atoms with E-state index in [0.29, 0.717) is 9.87 Å². The molecule has 0 aromatic heterocycles. The van der Waals surface area contributed by atoms with Gasteiger partial charge in [0.05, 0.1) is 5.69 Å². The summed E-state index contributed by atoms with van der Waals surface area (Å²) in [6.07, 6.45) is 0. The predicted molar refractivity (Wildman–Crippen MR) is 109 cm³/mol. The number of para-hydroxylation sites is 1. The van der Waals surface area contributed by atoms with Crippen LogP contribution in [0.2, 0.25) is 0 Å². The van der Waals surface area contributed by atoms with Crippen molar-refractivity contribution >= 4 is 32.4 Å². The molecule has 2 amide bonds. The molecule has 29 heavy (non-hydrogen) atoms. The Morgan fingerprint density at radius 2 is 1.72 bits per heavy atom. The maximum absolute atomic E-state index is 13.7. The van der Waals surface area contributed by atoms with Gasteiger partial charge in [0.15, 0.2) is 0 Å². The maximum Gasteiger partial charge on any atom is 0.268 e. The summed E-state index contributed by atoms with van der Waals surface area (Å²) < 4.78 is 40.2. The first-order valence-electron chi connectivity index (χ1n) is 9.05. The van der Waals surface area contributed by atoms with Gasteiger partial charge in [-0.3, -0.25) is 9.59 Å². The van der Waals surface area contributed by atoms with Gasteiger partial charge < -0.3 is 5.32 Å². The summed E-state index contributed by atoms with van der Waals surface area (Å²) in [4.78, 5) is 24.7. The van der Waals surface area contributed by atoms with E-state index in [0.717, 1.165) is 11.6 Å². The Bertz CT molecular complexity index is 1110. The highest BCUT2D eigenvalue weighted by Crippen LogP contribution is 2.35. The molecule has 0 atom stereocenters. The molecule has 1 heterocycles. The van der Waals surface area contributed by atoms with Gasteiger partial charge in [0.1, 0.15) is 17.3 Å². The van der Waals surface area contributed by atoms with Crippen molar-refractivity contribution in [1.82, 2.24) is 4.31 Å². The largest absolute Gasteiger partial charge is 0.322 e. The topological polar surface area (TPSA) is 83.6 Å². The summed E-state index contributed by atoms with van der Waals surface area (Å²) in [6, 6.07) is 12.4. The molecule has 0 radical (unpaired) electrons. The Labute approximate surface area is 169 Å². The minimum atomic E-state index is -4.20. The monoisotopic (exact) mass is 416 g/mol. The Morgan fingerprint density at radius 3 is 2.31 bits per heavy atom. The summed E-state index contributed by atoms with van der Waals surface area (Å²) in [5.74, 6) is -1.95. The third-order valence-corrected chi connectivity index (χ3v) is 6.64. The highest BCUT2D eigenvalue weighted by molar-refractivity contribution is 7.99. The number of carbonyl (C=O) groups excluding carboxylic acids is 2. The molecule has 2 aromatic rings. The number of carbonyl (C=O) groups is 2. The second-order valence-corrected chi connectivity index (χ2v) is 8.87. The fraction of sp³-hybridized carbons (Fsp3) is 0.238. The Balaban J connectivity index is 1.85. The van der Waals surface area contributed by atoms with Crippen LogP contribution >= 0.6 is 0 Å². The molecule has 8 heteroatoms. The summed E-state index contributed by atoms with van der Waals surface area (Å²) in [7, 11) is -4.20. The summed E-state index contributed by atoms with van der Waals surface area (Å²) in [5, 5.41) is 2.29. The molecule has 0 aliphatic carbocycles. The molecule has 3 rings (SSSR count). The van der Waals surface area contributed by atoms with Crippen LogP contribution in [0.1, 0.15) is 37.8 Å². The molecular weight excluding hydrogens is 395 g/mol. The van der Waals surface area contributed by atoms with Crippen LogP contribution in [-0.2, 0) is 19.6 Å². The van der Waals surface area contributed by atoms with Crippen LogP contribution < -0.4 is 5.32 Å². The van der Waals surface area contributed by atoms with Crippen molar-refractivity contribution < 1.29 is 22.4 Å². The number of anilines is 1. The smallest absolute Gasteiger partial charge is 0.268 e. The van der Waals surface area contributed by atoms with E-state index in [1.54, 1.807) is 12.1 Å². The predicted octanol–water partition coefficient (Wildman–Crippen LogP) is 3.49. The summed E-state index contributed by atoms with van der Waals surface area (Å²) >= 11 is 0. The number of nitrogens with one attached hydrogen (secondary N) is 1. The lowest BCUT2D eigenvalue weighted by Crippen LogP contribution is -2.38. The third-order valence-electron chi connectivity index (χ3n) is 4.71. The molecule has 1 aliphatic heterocycles. The van der Waals surface area contributed by atoms with Crippen LogP contribution in [0.15, 0.2) is 54.1 Å². The average Bonchev–Trinajstić information content (AvgIpc) is 2.83. The van der Waals surface area contributed by atoms with Crippen molar-refractivity contribution in [2.24, 2.45) is 0 Å². The average molecular weight is 416 g/mol. The molecular formula is C21H21FN2O4S. The zero-order valence-corrected chi connectivity index (χ0v) is 17.1. The van der Waals surface area contributed by atoms with E-state index < -0.39 is 34.2 Å². The summed E-state index contributed by atoms with van der Waals surface area (Å²) in [6.45, 7) is 4.72. The van der Waals surface area contributed by atoms with Crippen molar-refractivity contribution in [1.29, 1.82) is 0 Å². The molecule has 1 N–H and O–H groups in total. The number of amides is 2. The maximum atomic E-state index is 13.7. The van der Waals surface area contributed by atoms with Gasteiger partial charge in [0, 0.05) is 5.57 Å². The van der Waals surface area contributed by atoms with Crippen LogP contribution in [-0.4, -0.2) is 31.1 Å². The molecule has 0 spiro atoms. The molecule has 0 fully saturated rings. The van der Waals surface area contributed by atoms with E-state index in [4.69, 9.17) is 0 Å². The second kappa shape index (κ2) is 7.79. The Hall–Kier alpha value is -3.00. The van der Waals surface area contributed by atoms with E-state index in [1.807, 2.05) is 26.0 Å². The third kappa shape index (κ3) is 3.93. The molecule has 6 nitrogen and oxygen atoms in total. The lowest BCUT2D eigenvalue weighted by Gasteiger charge is -2.17. The minimum absolute atomic E-state index is 0.0426. The molecule has 152 valence electrons. The molecule has 0 unspecified atom stereocenters. The lowest BCUT2D eigenvalue weighted by molar-refractivity contribution is -0.126. The van der Waals surface area contributed by atoms with Crippen LogP contribution in [0.5, 0.6) is 0 Å². The van der Waals surface area contributed by atoms with E-state index in [-0.39, 0.29) is 22.1 Å². The Kier molecular flexibility index (Phi) is 5.57. The van der Waals surface area contributed by atoms with Crippen molar-refractivity contribution in [3.8, 4) is 0 Å². The second-order valence-electron chi connectivity index (χ2n) is 7.08. The molecule has 0 bridgehead atoms. The van der Waals surface area contributed by atoms with Crippen LogP contribution in [0.25, 0.3) is 4.91 Å². The van der Waals surface area contributed by atoms with Gasteiger partial charge in [-0.05, 0) is 36.1 Å². The summed E-state index contributed by atoms with van der Waals surface area (Å²) in [5.41, 5.74) is 1.38. The van der Waals surface area contributed by atoms with Crippen LogP contribution in [0, 0.1) is 5.82 Å². The van der Waals surface area contributed by atoms with Crippen LogP contribution in [0.3, 0.4) is 0 Å². The van der Waals surface area contributed by atoms with Gasteiger partial charge in [0.25, 0.3) is 15.9 Å². The van der Waals surface area contributed by atoms with Gasteiger partial charge in [-0.25, -0.2) is 17.1 Å². The standard InChI is InChI=1S/C21H21FN2O4S/c1-13(2)15-8-10-16(11-9-15)20-14(3)21(26)24(29(20,27)28)12-19(25)23-18-7-5-4-6-17(18)22/h4-11,13H,12H2,1-3H3,(H,23,25). The van der Waals surface area contributed by atoms with E-state index >= 15 is 0 Å². The number of rotatable bonds is 5. The normalized spacial score (nSPS) is 15.9. The molecule has 2 aromatic carbocycles. The van der Waals surface area contributed by atoms with Crippen molar-refractivity contribution in [2.75, 3.05) is 11.9 Å². The fourth-order valence-corrected chi connectivity index (χ4v) is 4.89. The number of sulfonamides is 1. The quantitative estimate of drug-likeness (QED) is 0.809. The fourth-order valence-electron chi connectivity index (χ4n) is 3.12. The van der Waals surface area contributed by atoms with Gasteiger partial charge in [-0.15, -0.1) is 0 Å². The van der Waals surface area contributed by atoms with E-state index in [9.17, 15) is 22.4 Å². The first kappa shape index (κ1) is 20.7. The number of nitrogens with zero attached hydrogens (tertiary/aromatic N) is 1. The lowest BCUT2D eigenvalue weighted by atomic mass is 10.0. The van der Waals surface area contributed by atoms with Gasteiger partial charge >= 0.3 is 0 Å². The van der Waals surface area contributed by atoms with Crippen molar-refractivity contribution in [2.45, 2.75) is 26.7 Å². The van der Waals surface area contributed by atoms with Gasteiger partial charge in [-0.2, -0.15) is 0 Å². The van der Waals surface area contributed by atoms with Crippen molar-refractivity contribution in [3.05, 3.63) is 71.0 Å². The number of hydrogen-bond donors (Lipinski definition) is 1. The zero-order valence-electron chi connectivity index (χ0n) is 16.3. The Morgan fingerprint density at radius 1 is 1.10 bits per heavy atom. The number of benzene rings is 2. The molecule has 0 saturated carbocycles. The van der Waals surface area contributed by atoms with E-state index in [1.165, 1.54) is 25.1 Å². The minimum Gasteiger partial charge on any atom is -0.322 e. The highest BCUT2D eigenvalue weighted by atomic mass is 32.2. The van der Waals surface area contributed by atoms with Gasteiger partial charge in [-0.1, -0.05) is 50.2 Å². The molecule has 1 aliphatic rings. The van der Waals surface area contributed by atoms with E-state index in [2.05, 4.69) is 5.32 Å². The number of halogens is 1. The van der Waals surface area contributed by atoms with Gasteiger partial charge in [0.2, 0.25) is 5.91 Å². The number of hydrogen-bond acceptors (Lipinski definition) is 4. The van der Waals surface area contributed by atoms with Crippen molar-refractivity contribution in [3.63, 3.8) is 0 Å².